The Kier molecular flexibility index (Phi) is 5.47. The Morgan fingerprint density at radius 2 is 1.66 bits per heavy atom. The second-order valence-electron chi connectivity index (χ2n) is 9.87. The molecule has 166 valence electrons. The summed E-state index contributed by atoms with van der Waals surface area (Å²) >= 11 is 0. The number of nitrogens with zero attached hydrogens (tertiary/aromatic N) is 1. The monoisotopic (exact) mass is 445 g/mol. The fourth-order valence-electron chi connectivity index (χ4n) is 5.60. The molecule has 0 radical (unpaired) electrons. The first-order valence-electron chi connectivity index (χ1n) is 11.6. The van der Waals surface area contributed by atoms with Gasteiger partial charge in [0.25, 0.3) is 0 Å². The predicted molar refractivity (Wildman–Crippen MR) is 131 cm³/mol. The van der Waals surface area contributed by atoms with Crippen LogP contribution in [0.4, 0.5) is 0 Å². The quantitative estimate of drug-likeness (QED) is 0.414. The molecule has 3 nitrogen and oxygen atoms in total. The van der Waals surface area contributed by atoms with Crippen molar-refractivity contribution in [3.63, 3.8) is 0 Å². The Hall–Kier alpha value is -2.43. The smallest absolute Gasteiger partial charge is 0.207 e. The Morgan fingerprint density at radius 1 is 0.938 bits per heavy atom. The average molecular weight is 446 g/mol. The molecule has 0 spiro atoms. The molecule has 1 saturated carbocycles. The minimum Gasteiger partial charge on any atom is -0.207 e. The first-order chi connectivity index (χ1) is 15.4. The minimum atomic E-state index is -3.65. The number of benzene rings is 3. The zero-order valence-corrected chi connectivity index (χ0v) is 19.7. The summed E-state index contributed by atoms with van der Waals surface area (Å²) in [5, 5.41) is 1.75. The van der Waals surface area contributed by atoms with Crippen molar-refractivity contribution in [2.24, 2.45) is 17.3 Å². The normalized spacial score (nSPS) is 21.9. The summed E-state index contributed by atoms with van der Waals surface area (Å²) in [6.45, 7) is 5.64. The van der Waals surface area contributed by atoms with Gasteiger partial charge in [-0.2, -0.15) is 4.31 Å². The molecule has 0 N–H and O–H groups in total. The maximum atomic E-state index is 14.0. The first kappa shape index (κ1) is 21.4. The van der Waals surface area contributed by atoms with Gasteiger partial charge in [-0.25, -0.2) is 8.42 Å². The molecule has 0 amide bonds. The Labute approximate surface area is 191 Å². The van der Waals surface area contributed by atoms with E-state index in [1.54, 1.807) is 10.4 Å². The first-order valence-corrected chi connectivity index (χ1v) is 13.0. The van der Waals surface area contributed by atoms with Crippen LogP contribution in [0.3, 0.4) is 0 Å². The van der Waals surface area contributed by atoms with E-state index in [1.165, 1.54) is 12.0 Å². The van der Waals surface area contributed by atoms with E-state index in [-0.39, 0.29) is 5.41 Å². The predicted octanol–water partition coefficient (Wildman–Crippen LogP) is 6.07. The molecule has 2 atom stereocenters. The van der Waals surface area contributed by atoms with Crippen LogP contribution in [0, 0.1) is 17.3 Å². The van der Waals surface area contributed by atoms with Crippen molar-refractivity contribution >= 4 is 20.8 Å². The molecule has 3 aromatic rings. The molecule has 3 aliphatic carbocycles. The second-order valence-corrected chi connectivity index (χ2v) is 11.8. The molecule has 0 aliphatic heterocycles. The third-order valence-corrected chi connectivity index (χ3v) is 9.71. The van der Waals surface area contributed by atoms with Crippen molar-refractivity contribution < 1.29 is 8.42 Å². The molecule has 1 fully saturated rings. The average Bonchev–Trinajstić information content (AvgIpc) is 2.81. The summed E-state index contributed by atoms with van der Waals surface area (Å²) in [6, 6.07) is 23.5. The third kappa shape index (κ3) is 3.70. The van der Waals surface area contributed by atoms with E-state index in [4.69, 9.17) is 0 Å². The Balaban J connectivity index is 1.50. The lowest BCUT2D eigenvalue weighted by Crippen LogP contribution is -2.50. The summed E-state index contributed by atoms with van der Waals surface area (Å²) in [5.41, 5.74) is 2.74. The maximum Gasteiger partial charge on any atom is 0.243 e. The van der Waals surface area contributed by atoms with E-state index < -0.39 is 10.0 Å². The fraction of sp³-hybridized carbons (Fsp3) is 0.357. The van der Waals surface area contributed by atoms with Crippen molar-refractivity contribution in [3.05, 3.63) is 90.0 Å². The van der Waals surface area contributed by atoms with Gasteiger partial charge in [-0.1, -0.05) is 92.2 Å². The zero-order valence-electron chi connectivity index (χ0n) is 18.9. The van der Waals surface area contributed by atoms with Crippen LogP contribution in [0.15, 0.2) is 89.3 Å². The van der Waals surface area contributed by atoms with E-state index in [0.29, 0.717) is 30.3 Å². The van der Waals surface area contributed by atoms with Crippen LogP contribution in [0.1, 0.15) is 32.3 Å². The molecular weight excluding hydrogens is 414 g/mol. The van der Waals surface area contributed by atoms with Crippen LogP contribution in [-0.4, -0.2) is 25.8 Å². The van der Waals surface area contributed by atoms with Crippen molar-refractivity contribution in [2.45, 2.75) is 38.0 Å². The molecule has 3 aliphatic rings. The van der Waals surface area contributed by atoms with Crippen LogP contribution >= 0.6 is 0 Å². The van der Waals surface area contributed by atoms with Gasteiger partial charge in [-0.3, -0.25) is 0 Å². The van der Waals surface area contributed by atoms with E-state index >= 15 is 0 Å². The summed E-state index contributed by atoms with van der Waals surface area (Å²) in [7, 11) is -3.65. The van der Waals surface area contributed by atoms with Gasteiger partial charge in [0.15, 0.2) is 0 Å². The lowest BCUT2D eigenvalue weighted by atomic mass is 9.49. The highest BCUT2D eigenvalue weighted by atomic mass is 32.2. The highest BCUT2D eigenvalue weighted by Crippen LogP contribution is 2.59. The lowest BCUT2D eigenvalue weighted by Gasteiger charge is -2.57. The molecule has 3 aromatic carbocycles. The van der Waals surface area contributed by atoms with Crippen molar-refractivity contribution in [2.75, 3.05) is 13.1 Å². The lowest BCUT2D eigenvalue weighted by molar-refractivity contribution is -0.00884. The molecule has 0 heterocycles. The van der Waals surface area contributed by atoms with Gasteiger partial charge in [0.1, 0.15) is 0 Å². The standard InChI is InChI=1S/C28H31NO2S/c1-28(2)24-16-15-23(26(28)19-24)20-29(18-17-21-9-4-3-5-10-21)32(30,31)27-14-8-12-22-11-6-7-13-25(22)27/h3-15,24,26H,16-20H2,1-2H3. The summed E-state index contributed by atoms with van der Waals surface area (Å²) in [6.07, 6.45) is 5.28. The SMILES string of the molecule is CC1(C)C2CC=C(CN(CCc3ccccc3)S(=O)(=O)c3cccc4ccccc34)C1C2. The van der Waals surface area contributed by atoms with Gasteiger partial charge in [-0.15, -0.1) is 0 Å². The van der Waals surface area contributed by atoms with E-state index in [1.807, 2.05) is 54.6 Å². The van der Waals surface area contributed by atoms with Gasteiger partial charge in [0.05, 0.1) is 4.90 Å². The summed E-state index contributed by atoms with van der Waals surface area (Å²) < 4.78 is 29.8. The van der Waals surface area contributed by atoms with E-state index in [0.717, 1.165) is 28.7 Å². The van der Waals surface area contributed by atoms with E-state index in [9.17, 15) is 8.42 Å². The van der Waals surface area contributed by atoms with Crippen LogP contribution in [0.2, 0.25) is 0 Å². The minimum absolute atomic E-state index is 0.276. The maximum absolute atomic E-state index is 14.0. The number of hydrogen-bond acceptors (Lipinski definition) is 2. The van der Waals surface area contributed by atoms with Gasteiger partial charge in [0.2, 0.25) is 10.0 Å². The number of allylic oxidation sites excluding steroid dienone is 1. The molecule has 2 unspecified atom stereocenters. The van der Waals surface area contributed by atoms with Gasteiger partial charge in [0, 0.05) is 18.5 Å². The summed E-state index contributed by atoms with van der Waals surface area (Å²) in [5.74, 6) is 1.23. The Bertz CT molecular complexity index is 1260. The van der Waals surface area contributed by atoms with Gasteiger partial charge in [-0.05, 0) is 53.5 Å². The van der Waals surface area contributed by atoms with Crippen LogP contribution in [0.25, 0.3) is 10.8 Å². The molecule has 6 rings (SSSR count). The summed E-state index contributed by atoms with van der Waals surface area (Å²) in [4.78, 5) is 0.408. The molecule has 32 heavy (non-hydrogen) atoms. The topological polar surface area (TPSA) is 37.4 Å². The van der Waals surface area contributed by atoms with Crippen molar-refractivity contribution in [1.82, 2.24) is 4.31 Å². The van der Waals surface area contributed by atoms with Crippen molar-refractivity contribution in [3.8, 4) is 0 Å². The van der Waals surface area contributed by atoms with Gasteiger partial charge >= 0.3 is 0 Å². The van der Waals surface area contributed by atoms with Gasteiger partial charge < -0.3 is 0 Å². The number of fused-ring (bicyclic) bond motifs is 2. The third-order valence-electron chi connectivity index (χ3n) is 7.80. The van der Waals surface area contributed by atoms with Crippen LogP contribution in [0.5, 0.6) is 0 Å². The fourth-order valence-corrected chi connectivity index (χ4v) is 7.25. The molecule has 4 heteroatoms. The molecular formula is C28H31NO2S. The van der Waals surface area contributed by atoms with Crippen LogP contribution in [-0.2, 0) is 16.4 Å². The molecule has 0 aromatic heterocycles. The highest BCUT2D eigenvalue weighted by molar-refractivity contribution is 7.89. The number of rotatable bonds is 7. The van der Waals surface area contributed by atoms with Crippen molar-refractivity contribution in [1.29, 1.82) is 0 Å². The largest absolute Gasteiger partial charge is 0.243 e. The van der Waals surface area contributed by atoms with Crippen LogP contribution < -0.4 is 0 Å². The molecule has 2 bridgehead atoms. The zero-order chi connectivity index (χ0) is 22.3. The second kappa shape index (κ2) is 8.17. The highest BCUT2D eigenvalue weighted by Gasteiger charge is 2.51. The number of sulfonamides is 1. The van der Waals surface area contributed by atoms with E-state index in [2.05, 4.69) is 32.1 Å². The molecule has 0 saturated heterocycles. The Morgan fingerprint density at radius 3 is 2.41 bits per heavy atom. The number of hydrogen-bond donors (Lipinski definition) is 0.